The fourth-order valence-electron chi connectivity index (χ4n) is 2.95. The van der Waals surface area contributed by atoms with Crippen molar-refractivity contribution in [2.45, 2.75) is 65.6 Å². The fraction of sp³-hybridized carbons (Fsp3) is 0.706. The Balaban J connectivity index is 1.90. The van der Waals surface area contributed by atoms with Gasteiger partial charge in [-0.05, 0) is 19.3 Å². The van der Waals surface area contributed by atoms with Crippen molar-refractivity contribution in [3.8, 4) is 0 Å². The number of nitrogens with zero attached hydrogens (tertiary/aromatic N) is 4. The molecule has 7 nitrogen and oxygen atoms in total. The minimum absolute atomic E-state index is 0.114. The minimum Gasteiger partial charge on any atom is -0.443 e. The van der Waals surface area contributed by atoms with E-state index in [1.165, 1.54) is 4.68 Å². The van der Waals surface area contributed by atoms with E-state index in [1.54, 1.807) is 10.8 Å². The van der Waals surface area contributed by atoms with E-state index < -0.39 is 0 Å². The molecule has 7 heteroatoms. The van der Waals surface area contributed by atoms with E-state index in [2.05, 4.69) is 37.8 Å². The maximum Gasteiger partial charge on any atom is 0.346 e. The van der Waals surface area contributed by atoms with E-state index in [-0.39, 0.29) is 23.8 Å². The predicted octanol–water partition coefficient (Wildman–Crippen LogP) is 2.50. The highest BCUT2D eigenvalue weighted by Gasteiger charge is 2.31. The smallest absolute Gasteiger partial charge is 0.346 e. The lowest BCUT2D eigenvalue weighted by Crippen LogP contribution is -2.26. The summed E-state index contributed by atoms with van der Waals surface area (Å²) in [6.07, 6.45) is 2.60. The van der Waals surface area contributed by atoms with Gasteiger partial charge in [0.15, 0.2) is 5.82 Å². The summed E-state index contributed by atoms with van der Waals surface area (Å²) in [6, 6.07) is 0. The zero-order valence-electron chi connectivity index (χ0n) is 15.1. The second-order valence-electron chi connectivity index (χ2n) is 7.47. The van der Waals surface area contributed by atoms with E-state index in [0.717, 1.165) is 12.2 Å². The summed E-state index contributed by atoms with van der Waals surface area (Å²) in [4.78, 5) is 16.9. The third-order valence-electron chi connectivity index (χ3n) is 4.49. The highest BCUT2D eigenvalue weighted by molar-refractivity contribution is 5.06. The fourth-order valence-corrected chi connectivity index (χ4v) is 2.95. The van der Waals surface area contributed by atoms with E-state index >= 15 is 0 Å². The van der Waals surface area contributed by atoms with Crippen LogP contribution in [0.1, 0.15) is 64.6 Å². The molecule has 2 aromatic rings. The lowest BCUT2D eigenvalue weighted by molar-refractivity contribution is 0.0836. The van der Waals surface area contributed by atoms with Crippen molar-refractivity contribution in [1.82, 2.24) is 19.3 Å². The maximum atomic E-state index is 12.6. The van der Waals surface area contributed by atoms with Crippen molar-refractivity contribution in [3.63, 3.8) is 0 Å². The van der Waals surface area contributed by atoms with Crippen LogP contribution in [0.15, 0.2) is 15.4 Å². The third kappa shape index (κ3) is 3.05. The lowest BCUT2D eigenvalue weighted by Gasteiger charge is -2.13. The summed E-state index contributed by atoms with van der Waals surface area (Å²) < 4.78 is 14.7. The first kappa shape index (κ1) is 17.0. The molecule has 3 heterocycles. The Morgan fingerprint density at radius 3 is 2.67 bits per heavy atom. The molecular weight excluding hydrogens is 308 g/mol. The summed E-state index contributed by atoms with van der Waals surface area (Å²) in [7, 11) is 0. The molecule has 0 spiro atoms. The molecular formula is C17H26N4O3. The van der Waals surface area contributed by atoms with Gasteiger partial charge >= 0.3 is 5.69 Å². The quantitative estimate of drug-likeness (QED) is 0.859. The van der Waals surface area contributed by atoms with Crippen LogP contribution in [0.5, 0.6) is 0 Å². The molecule has 0 N–H and O–H groups in total. The topological polar surface area (TPSA) is 75.1 Å². The van der Waals surface area contributed by atoms with Crippen LogP contribution in [-0.4, -0.2) is 25.9 Å². The largest absolute Gasteiger partial charge is 0.443 e. The molecule has 1 fully saturated rings. The van der Waals surface area contributed by atoms with Gasteiger partial charge in [0, 0.05) is 18.6 Å². The molecule has 0 aliphatic carbocycles. The molecule has 24 heavy (non-hydrogen) atoms. The van der Waals surface area contributed by atoms with E-state index in [4.69, 9.17) is 9.15 Å². The normalized spacial score (nSPS) is 21.5. The number of hydrogen-bond acceptors (Lipinski definition) is 5. The van der Waals surface area contributed by atoms with Crippen LogP contribution in [0.25, 0.3) is 0 Å². The van der Waals surface area contributed by atoms with E-state index in [9.17, 15) is 4.79 Å². The van der Waals surface area contributed by atoms with Gasteiger partial charge in [-0.15, -0.1) is 0 Å². The Labute approximate surface area is 141 Å². The van der Waals surface area contributed by atoms with Crippen molar-refractivity contribution in [3.05, 3.63) is 34.2 Å². The zero-order valence-corrected chi connectivity index (χ0v) is 15.1. The molecule has 2 aromatic heterocycles. The maximum absolute atomic E-state index is 12.6. The van der Waals surface area contributed by atoms with Crippen LogP contribution in [0.4, 0.5) is 0 Å². The summed E-state index contributed by atoms with van der Waals surface area (Å²) in [5.74, 6) is 2.36. The number of aromatic nitrogens is 4. The van der Waals surface area contributed by atoms with Crippen LogP contribution in [-0.2, 0) is 23.2 Å². The van der Waals surface area contributed by atoms with E-state index in [0.29, 0.717) is 30.8 Å². The molecule has 1 aliphatic rings. The van der Waals surface area contributed by atoms with Gasteiger partial charge in [0.25, 0.3) is 0 Å². The molecule has 0 amide bonds. The molecule has 3 rings (SSSR count). The van der Waals surface area contributed by atoms with Gasteiger partial charge in [-0.3, -0.25) is 4.57 Å². The van der Waals surface area contributed by atoms with E-state index in [1.807, 2.05) is 6.92 Å². The molecule has 1 saturated heterocycles. The van der Waals surface area contributed by atoms with Crippen LogP contribution in [0, 0.1) is 5.92 Å². The Bertz CT molecular complexity index is 766. The molecule has 0 aromatic carbocycles. The number of ether oxygens (including phenoxy) is 1. The molecule has 0 saturated carbocycles. The summed E-state index contributed by atoms with van der Waals surface area (Å²) in [5, 5.41) is 4.52. The molecule has 0 bridgehead atoms. The van der Waals surface area contributed by atoms with Crippen LogP contribution < -0.4 is 5.69 Å². The average Bonchev–Trinajstić information content (AvgIpc) is 3.19. The molecule has 1 aliphatic heterocycles. The van der Waals surface area contributed by atoms with Gasteiger partial charge < -0.3 is 9.15 Å². The zero-order chi connectivity index (χ0) is 17.5. The number of rotatable bonds is 4. The first-order chi connectivity index (χ1) is 11.3. The van der Waals surface area contributed by atoms with Crippen LogP contribution >= 0.6 is 0 Å². The van der Waals surface area contributed by atoms with Gasteiger partial charge in [0.1, 0.15) is 18.4 Å². The highest BCUT2D eigenvalue weighted by Crippen LogP contribution is 2.32. The number of hydrogen-bond donors (Lipinski definition) is 0. The highest BCUT2D eigenvalue weighted by atomic mass is 16.5. The van der Waals surface area contributed by atoms with Crippen LogP contribution in [0.2, 0.25) is 0 Å². The molecule has 0 unspecified atom stereocenters. The van der Waals surface area contributed by atoms with Gasteiger partial charge in [0.2, 0.25) is 5.89 Å². The second-order valence-corrected chi connectivity index (χ2v) is 7.47. The third-order valence-corrected chi connectivity index (χ3v) is 4.49. The Kier molecular flexibility index (Phi) is 4.38. The van der Waals surface area contributed by atoms with Gasteiger partial charge in [-0.1, -0.05) is 27.7 Å². The standard InChI is InChI=1S/C17H26N4O3/c1-6-20-15(14-11(2)7-8-23-14)19-21(16(20)22)10-13-18-9-12(24-13)17(3,4)5/h9,11,14H,6-8,10H2,1-5H3/t11-,14+/m1/s1. The second kappa shape index (κ2) is 6.20. The summed E-state index contributed by atoms with van der Waals surface area (Å²) in [5.41, 5.74) is -0.261. The minimum atomic E-state index is -0.147. The van der Waals surface area contributed by atoms with Crippen molar-refractivity contribution in [1.29, 1.82) is 0 Å². The van der Waals surface area contributed by atoms with Gasteiger partial charge in [-0.2, -0.15) is 5.10 Å². The Morgan fingerprint density at radius 1 is 1.38 bits per heavy atom. The van der Waals surface area contributed by atoms with Crippen molar-refractivity contribution >= 4 is 0 Å². The molecule has 132 valence electrons. The summed E-state index contributed by atoms with van der Waals surface area (Å²) >= 11 is 0. The Hall–Kier alpha value is -1.89. The lowest BCUT2D eigenvalue weighted by atomic mass is 9.94. The first-order valence-corrected chi connectivity index (χ1v) is 8.55. The summed E-state index contributed by atoms with van der Waals surface area (Å²) in [6.45, 7) is 11.8. The average molecular weight is 334 g/mol. The van der Waals surface area contributed by atoms with Gasteiger partial charge in [-0.25, -0.2) is 14.5 Å². The predicted molar refractivity (Wildman–Crippen MR) is 88.9 cm³/mol. The van der Waals surface area contributed by atoms with Gasteiger partial charge in [0.05, 0.1) is 6.20 Å². The van der Waals surface area contributed by atoms with Crippen molar-refractivity contribution in [2.75, 3.05) is 6.61 Å². The van der Waals surface area contributed by atoms with Crippen molar-refractivity contribution in [2.24, 2.45) is 5.92 Å². The Morgan fingerprint density at radius 2 is 2.12 bits per heavy atom. The van der Waals surface area contributed by atoms with Crippen LogP contribution in [0.3, 0.4) is 0 Å². The molecule has 0 radical (unpaired) electrons. The first-order valence-electron chi connectivity index (χ1n) is 8.55. The monoisotopic (exact) mass is 334 g/mol. The SMILES string of the molecule is CCn1c([C@H]2OCC[C@H]2C)nn(Cc2ncc(C(C)(C)C)o2)c1=O. The van der Waals surface area contributed by atoms with Crippen molar-refractivity contribution < 1.29 is 9.15 Å². The molecule has 2 atom stereocenters. The number of oxazole rings is 1.